The summed E-state index contributed by atoms with van der Waals surface area (Å²) in [6.45, 7) is 3.35. The third-order valence-electron chi connectivity index (χ3n) is 1.76. The molecule has 0 aliphatic carbocycles. The van der Waals surface area contributed by atoms with Crippen LogP contribution in [0, 0.1) is 0 Å². The molecule has 1 heterocycles. The lowest BCUT2D eigenvalue weighted by Gasteiger charge is -2.37. The molecule has 1 N–H and O–H groups in total. The van der Waals surface area contributed by atoms with Gasteiger partial charge in [-0.3, -0.25) is 0 Å². The van der Waals surface area contributed by atoms with Gasteiger partial charge < -0.3 is 9.84 Å². The summed E-state index contributed by atoms with van der Waals surface area (Å²) < 4.78 is 26.8. The van der Waals surface area contributed by atoms with Crippen LogP contribution in [0.25, 0.3) is 0 Å². The molecule has 5 nitrogen and oxygen atoms in total. The minimum absolute atomic E-state index is 0.286. The highest BCUT2D eigenvalue weighted by atomic mass is 32.2. The zero-order chi connectivity index (χ0) is 10.3. The average molecular weight is 208 g/mol. The van der Waals surface area contributed by atoms with Crippen molar-refractivity contribution in [1.82, 2.24) is 0 Å². The fourth-order valence-electron chi connectivity index (χ4n) is 1.36. The largest absolute Gasteiger partial charge is 0.479 e. The van der Waals surface area contributed by atoms with Gasteiger partial charge in [0.15, 0.2) is 15.4 Å². The number of hydrogen-bond acceptors (Lipinski definition) is 4. The number of hydrogen-bond donors (Lipinski definition) is 1. The smallest absolute Gasteiger partial charge is 0.338 e. The normalized spacial score (nSPS) is 23.9. The maximum Gasteiger partial charge on any atom is 0.338 e. The van der Waals surface area contributed by atoms with Crippen molar-refractivity contribution in [3.05, 3.63) is 0 Å². The molecule has 0 amide bonds. The van der Waals surface area contributed by atoms with Crippen LogP contribution >= 0.6 is 0 Å². The van der Waals surface area contributed by atoms with Gasteiger partial charge in [-0.2, -0.15) is 0 Å². The van der Waals surface area contributed by atoms with Crippen molar-refractivity contribution in [3.8, 4) is 0 Å². The Balaban J connectivity index is 2.77. The van der Waals surface area contributed by atoms with E-state index in [1.165, 1.54) is 0 Å². The van der Waals surface area contributed by atoms with Crippen LogP contribution in [0.1, 0.15) is 13.8 Å². The molecule has 1 fully saturated rings. The van der Waals surface area contributed by atoms with Gasteiger partial charge in [0.1, 0.15) is 0 Å². The van der Waals surface area contributed by atoms with E-state index in [2.05, 4.69) is 0 Å². The Bertz CT molecular complexity index is 304. The van der Waals surface area contributed by atoms with Crippen LogP contribution in [0.2, 0.25) is 0 Å². The third-order valence-corrected chi connectivity index (χ3v) is 3.57. The van der Waals surface area contributed by atoms with Gasteiger partial charge in [0.25, 0.3) is 0 Å². The van der Waals surface area contributed by atoms with Crippen molar-refractivity contribution in [2.45, 2.75) is 25.6 Å². The number of carbonyl (C=O) groups is 1. The van der Waals surface area contributed by atoms with E-state index in [-0.39, 0.29) is 6.10 Å². The first-order valence-corrected chi connectivity index (χ1v) is 5.71. The molecule has 76 valence electrons. The Labute approximate surface area is 76.6 Å². The first-order chi connectivity index (χ1) is 5.77. The number of sulfone groups is 1. The van der Waals surface area contributed by atoms with Crippen molar-refractivity contribution in [3.63, 3.8) is 0 Å². The second-order valence-electron chi connectivity index (χ2n) is 3.50. The van der Waals surface area contributed by atoms with E-state index < -0.39 is 32.9 Å². The van der Waals surface area contributed by atoms with E-state index in [4.69, 9.17) is 9.84 Å². The van der Waals surface area contributed by atoms with E-state index in [0.29, 0.717) is 0 Å². The molecule has 0 saturated carbocycles. The molecule has 6 heteroatoms. The van der Waals surface area contributed by atoms with E-state index >= 15 is 0 Å². The highest BCUT2D eigenvalue weighted by molar-refractivity contribution is 7.93. The third kappa shape index (κ3) is 2.00. The fourth-order valence-corrected chi connectivity index (χ4v) is 3.08. The van der Waals surface area contributed by atoms with Crippen molar-refractivity contribution in [2.24, 2.45) is 0 Å². The second kappa shape index (κ2) is 2.95. The van der Waals surface area contributed by atoms with E-state index in [9.17, 15) is 13.2 Å². The molecule has 0 aromatic carbocycles. The lowest BCUT2D eigenvalue weighted by Crippen LogP contribution is -2.62. The maximum atomic E-state index is 10.8. The van der Waals surface area contributed by atoms with E-state index in [1.54, 1.807) is 13.8 Å². The number of aliphatic carboxylic acids is 1. The molecule has 0 atom stereocenters. The Morgan fingerprint density at radius 1 is 1.46 bits per heavy atom. The number of ether oxygens (including phenoxy) is 1. The molecule has 1 aliphatic rings. The van der Waals surface area contributed by atoms with Crippen molar-refractivity contribution >= 4 is 15.8 Å². The van der Waals surface area contributed by atoms with Gasteiger partial charge in [-0.1, -0.05) is 0 Å². The molecule has 0 aromatic rings. The highest BCUT2D eigenvalue weighted by Crippen LogP contribution is 2.29. The van der Waals surface area contributed by atoms with Gasteiger partial charge in [-0.05, 0) is 13.8 Å². The quantitative estimate of drug-likeness (QED) is 0.686. The second-order valence-corrected chi connectivity index (χ2v) is 5.56. The Morgan fingerprint density at radius 2 is 1.92 bits per heavy atom. The van der Waals surface area contributed by atoms with Crippen molar-refractivity contribution < 1.29 is 23.1 Å². The summed E-state index contributed by atoms with van der Waals surface area (Å²) in [6.07, 6.45) is -0.286. The first-order valence-electron chi connectivity index (χ1n) is 3.89. The van der Waals surface area contributed by atoms with Gasteiger partial charge in [-0.15, -0.1) is 0 Å². The van der Waals surface area contributed by atoms with Crippen LogP contribution < -0.4 is 0 Å². The average Bonchev–Trinajstić information content (AvgIpc) is 1.80. The lowest BCUT2D eigenvalue weighted by atomic mass is 10.1. The lowest BCUT2D eigenvalue weighted by molar-refractivity contribution is -0.166. The van der Waals surface area contributed by atoms with Crippen LogP contribution in [0.4, 0.5) is 0 Å². The van der Waals surface area contributed by atoms with E-state index in [1.807, 2.05) is 0 Å². The van der Waals surface area contributed by atoms with Crippen LogP contribution in [0.3, 0.4) is 0 Å². The maximum absolute atomic E-state index is 10.8. The SMILES string of the molecule is CC(C)OC1(C(=O)O)CS(=O)(=O)C1. The monoisotopic (exact) mass is 208 g/mol. The van der Waals surface area contributed by atoms with Crippen molar-refractivity contribution in [1.29, 1.82) is 0 Å². The predicted octanol–water partition coefficient (Wildman–Crippen LogP) is -0.337. The summed E-state index contributed by atoms with van der Waals surface area (Å²) in [7, 11) is -3.19. The van der Waals surface area contributed by atoms with Gasteiger partial charge in [-0.25, -0.2) is 13.2 Å². The summed E-state index contributed by atoms with van der Waals surface area (Å²) in [4.78, 5) is 10.7. The molecule has 0 radical (unpaired) electrons. The zero-order valence-corrected chi connectivity index (χ0v) is 8.30. The number of carboxylic acid groups (broad SMARTS) is 1. The molecule has 0 unspecified atom stereocenters. The summed E-state index contributed by atoms with van der Waals surface area (Å²) in [5.74, 6) is -2.02. The summed E-state index contributed by atoms with van der Waals surface area (Å²) in [5.41, 5.74) is -1.49. The van der Waals surface area contributed by atoms with Crippen LogP contribution in [0.5, 0.6) is 0 Å². The molecule has 0 aromatic heterocycles. The minimum atomic E-state index is -3.19. The fraction of sp³-hybridized carbons (Fsp3) is 0.857. The Kier molecular flexibility index (Phi) is 2.38. The Morgan fingerprint density at radius 3 is 2.15 bits per heavy atom. The Hall–Kier alpha value is -0.620. The molecule has 1 aliphatic heterocycles. The molecule has 1 rings (SSSR count). The molecular weight excluding hydrogens is 196 g/mol. The summed E-state index contributed by atoms with van der Waals surface area (Å²) in [5, 5.41) is 8.78. The van der Waals surface area contributed by atoms with Gasteiger partial charge in [0.05, 0.1) is 17.6 Å². The number of carboxylic acids is 1. The summed E-state index contributed by atoms with van der Waals surface area (Å²) >= 11 is 0. The highest BCUT2D eigenvalue weighted by Gasteiger charge is 2.56. The van der Waals surface area contributed by atoms with Gasteiger partial charge >= 0.3 is 5.97 Å². The van der Waals surface area contributed by atoms with E-state index in [0.717, 1.165) is 0 Å². The molecule has 1 saturated heterocycles. The molecule has 0 bridgehead atoms. The summed E-state index contributed by atoms with van der Waals surface area (Å²) in [6, 6.07) is 0. The standard InChI is InChI=1S/C7H12O5S/c1-5(2)12-7(6(8)9)3-13(10,11)4-7/h5H,3-4H2,1-2H3,(H,8,9). The van der Waals surface area contributed by atoms with Crippen molar-refractivity contribution in [2.75, 3.05) is 11.5 Å². The molecule has 0 spiro atoms. The number of rotatable bonds is 3. The van der Waals surface area contributed by atoms with Crippen LogP contribution in [-0.4, -0.2) is 42.7 Å². The van der Waals surface area contributed by atoms with Crippen LogP contribution in [0.15, 0.2) is 0 Å². The van der Waals surface area contributed by atoms with Crippen LogP contribution in [-0.2, 0) is 19.4 Å². The van der Waals surface area contributed by atoms with Gasteiger partial charge in [0.2, 0.25) is 0 Å². The molecule has 13 heavy (non-hydrogen) atoms. The van der Waals surface area contributed by atoms with Gasteiger partial charge in [0, 0.05) is 0 Å². The first kappa shape index (κ1) is 10.5. The molecular formula is C7H12O5S. The zero-order valence-electron chi connectivity index (χ0n) is 7.48. The predicted molar refractivity (Wildman–Crippen MR) is 45.2 cm³/mol. The topological polar surface area (TPSA) is 80.7 Å². The minimum Gasteiger partial charge on any atom is -0.479 e.